The second-order valence-electron chi connectivity index (χ2n) is 13.8. The van der Waals surface area contributed by atoms with Gasteiger partial charge in [0.25, 0.3) is 0 Å². The summed E-state index contributed by atoms with van der Waals surface area (Å²) < 4.78 is 9.07. The Morgan fingerprint density at radius 3 is 1.96 bits per heavy atom. The molecule has 0 aliphatic carbocycles. The van der Waals surface area contributed by atoms with Crippen LogP contribution in [0.25, 0.3) is 82.1 Å². The van der Waals surface area contributed by atoms with Crippen molar-refractivity contribution in [2.75, 3.05) is 4.90 Å². The summed E-state index contributed by atoms with van der Waals surface area (Å²) in [6.07, 6.45) is 0. The third-order valence-corrected chi connectivity index (χ3v) is 10.7. The van der Waals surface area contributed by atoms with Crippen LogP contribution in [-0.4, -0.2) is 4.57 Å². The van der Waals surface area contributed by atoms with E-state index in [1.807, 2.05) is 0 Å². The summed E-state index contributed by atoms with van der Waals surface area (Å²) in [5, 5.41) is 9.30. The van der Waals surface area contributed by atoms with Crippen molar-refractivity contribution in [1.82, 2.24) is 4.57 Å². The lowest BCUT2D eigenvalue weighted by Gasteiger charge is -2.27. The molecule has 3 heteroatoms. The third kappa shape index (κ3) is 4.68. The zero-order chi connectivity index (χ0) is 34.9. The van der Waals surface area contributed by atoms with Crippen LogP contribution in [0.3, 0.4) is 0 Å². The van der Waals surface area contributed by atoms with Crippen molar-refractivity contribution >= 4 is 82.4 Å². The van der Waals surface area contributed by atoms with Crippen LogP contribution in [0.1, 0.15) is 0 Å². The first-order valence-electron chi connectivity index (χ1n) is 18.1. The van der Waals surface area contributed by atoms with Gasteiger partial charge in [0.05, 0.1) is 22.1 Å². The van der Waals surface area contributed by atoms with E-state index in [1.54, 1.807) is 0 Å². The maximum atomic E-state index is 6.70. The highest BCUT2D eigenvalue weighted by Gasteiger charge is 2.22. The normalized spacial score (nSPS) is 11.8. The van der Waals surface area contributed by atoms with Gasteiger partial charge >= 0.3 is 0 Å². The van der Waals surface area contributed by atoms with Crippen LogP contribution < -0.4 is 4.90 Å². The predicted octanol–water partition coefficient (Wildman–Crippen LogP) is 14.1. The van der Waals surface area contributed by atoms with Gasteiger partial charge in [-0.1, -0.05) is 121 Å². The molecule has 11 rings (SSSR count). The van der Waals surface area contributed by atoms with E-state index < -0.39 is 0 Å². The van der Waals surface area contributed by atoms with Crippen molar-refractivity contribution in [3.8, 4) is 16.8 Å². The van der Waals surface area contributed by atoms with Crippen LogP contribution in [-0.2, 0) is 0 Å². The van der Waals surface area contributed by atoms with Crippen molar-refractivity contribution in [3.05, 3.63) is 194 Å². The minimum absolute atomic E-state index is 0.869. The molecule has 3 nitrogen and oxygen atoms in total. The monoisotopic (exact) mass is 676 g/mol. The number of para-hydroxylation sites is 2. The smallest absolute Gasteiger partial charge is 0.143 e. The minimum Gasteiger partial charge on any atom is -0.455 e. The van der Waals surface area contributed by atoms with Crippen molar-refractivity contribution in [1.29, 1.82) is 0 Å². The summed E-state index contributed by atoms with van der Waals surface area (Å²) in [5.41, 5.74) is 11.0. The van der Waals surface area contributed by atoms with E-state index in [-0.39, 0.29) is 0 Å². The number of furan rings is 1. The second kappa shape index (κ2) is 11.7. The number of fused-ring (bicyclic) bond motifs is 9. The standard InChI is InChI=1S/C50H32N2O/c1-3-12-33(13-4-1)35-22-23-37-31-39(26-24-36(37)30-35)51(47-20-11-21-48-49(47)43-28-25-34-14-7-8-17-41(34)50(43)53-48)40-27-29-46-44(32-40)42-18-9-10-19-45(42)52(46)38-15-5-2-6-16-38/h1-32H. The summed E-state index contributed by atoms with van der Waals surface area (Å²) in [7, 11) is 0. The molecular weight excluding hydrogens is 645 g/mol. The average molecular weight is 677 g/mol. The molecule has 0 unspecified atom stereocenters. The van der Waals surface area contributed by atoms with E-state index in [1.165, 1.54) is 49.1 Å². The molecule has 0 radical (unpaired) electrons. The van der Waals surface area contributed by atoms with Gasteiger partial charge in [0.2, 0.25) is 0 Å². The van der Waals surface area contributed by atoms with Gasteiger partial charge in [0.1, 0.15) is 11.2 Å². The largest absolute Gasteiger partial charge is 0.455 e. The Hall–Kier alpha value is -7.10. The Morgan fingerprint density at radius 2 is 1.08 bits per heavy atom. The number of nitrogens with zero attached hydrogens (tertiary/aromatic N) is 2. The summed E-state index contributed by atoms with van der Waals surface area (Å²) in [6, 6.07) is 69.8. The molecule has 0 spiro atoms. The molecule has 11 aromatic rings. The number of benzene rings is 9. The Morgan fingerprint density at radius 1 is 0.396 bits per heavy atom. The van der Waals surface area contributed by atoms with Crippen molar-refractivity contribution in [2.45, 2.75) is 0 Å². The van der Waals surface area contributed by atoms with Crippen LogP contribution in [0.5, 0.6) is 0 Å². The van der Waals surface area contributed by atoms with E-state index in [4.69, 9.17) is 4.42 Å². The number of hydrogen-bond acceptors (Lipinski definition) is 2. The van der Waals surface area contributed by atoms with Crippen LogP contribution in [0.15, 0.2) is 199 Å². The summed E-state index contributed by atoms with van der Waals surface area (Å²) in [4.78, 5) is 2.41. The molecular formula is C50H32N2O. The van der Waals surface area contributed by atoms with Crippen molar-refractivity contribution < 1.29 is 4.42 Å². The second-order valence-corrected chi connectivity index (χ2v) is 13.8. The summed E-state index contributed by atoms with van der Waals surface area (Å²) >= 11 is 0. The van der Waals surface area contributed by atoms with Crippen LogP contribution in [0.2, 0.25) is 0 Å². The van der Waals surface area contributed by atoms with E-state index >= 15 is 0 Å². The van der Waals surface area contributed by atoms with Gasteiger partial charge in [0, 0.05) is 38.6 Å². The van der Waals surface area contributed by atoms with E-state index in [0.717, 1.165) is 50.1 Å². The van der Waals surface area contributed by atoms with Gasteiger partial charge in [-0.05, 0) is 100 Å². The lowest BCUT2D eigenvalue weighted by atomic mass is 10.00. The highest BCUT2D eigenvalue weighted by Crippen LogP contribution is 2.46. The number of hydrogen-bond donors (Lipinski definition) is 0. The molecule has 0 fully saturated rings. The first-order valence-corrected chi connectivity index (χ1v) is 18.1. The molecule has 248 valence electrons. The van der Waals surface area contributed by atoms with Crippen LogP contribution in [0.4, 0.5) is 17.1 Å². The van der Waals surface area contributed by atoms with Crippen LogP contribution >= 0.6 is 0 Å². The molecule has 0 N–H and O–H groups in total. The molecule has 0 bridgehead atoms. The van der Waals surface area contributed by atoms with Crippen molar-refractivity contribution in [2.24, 2.45) is 0 Å². The highest BCUT2D eigenvalue weighted by molar-refractivity contribution is 6.20. The molecule has 0 aliphatic rings. The quantitative estimate of drug-likeness (QED) is 0.181. The van der Waals surface area contributed by atoms with E-state index in [0.29, 0.717) is 0 Å². The fourth-order valence-electron chi connectivity index (χ4n) is 8.29. The molecule has 9 aromatic carbocycles. The van der Waals surface area contributed by atoms with Gasteiger partial charge in [-0.15, -0.1) is 0 Å². The van der Waals surface area contributed by atoms with Gasteiger partial charge in [-0.2, -0.15) is 0 Å². The summed E-state index contributed by atoms with van der Waals surface area (Å²) in [5.74, 6) is 0. The topological polar surface area (TPSA) is 21.3 Å². The molecule has 53 heavy (non-hydrogen) atoms. The van der Waals surface area contributed by atoms with Crippen molar-refractivity contribution in [3.63, 3.8) is 0 Å². The molecule has 0 aliphatic heterocycles. The van der Waals surface area contributed by atoms with E-state index in [9.17, 15) is 0 Å². The third-order valence-electron chi connectivity index (χ3n) is 10.7. The first kappa shape index (κ1) is 29.6. The van der Waals surface area contributed by atoms with Crippen LogP contribution in [0, 0.1) is 0 Å². The molecule has 2 heterocycles. The zero-order valence-electron chi connectivity index (χ0n) is 28.8. The lowest BCUT2D eigenvalue weighted by Crippen LogP contribution is -2.10. The first-order chi connectivity index (χ1) is 26.3. The Labute approximate surface area is 306 Å². The molecule has 2 aromatic heterocycles. The molecule has 0 saturated carbocycles. The molecule has 0 atom stereocenters. The SMILES string of the molecule is c1ccc(-c2ccc3cc(N(c4ccc5c(c4)c4ccccc4n5-c4ccccc4)c4cccc5oc6c7ccccc7ccc6c45)ccc3c2)cc1. The average Bonchev–Trinajstić information content (AvgIpc) is 3.78. The molecule has 0 amide bonds. The number of aromatic nitrogens is 1. The van der Waals surface area contributed by atoms with Gasteiger partial charge in [-0.25, -0.2) is 0 Å². The van der Waals surface area contributed by atoms with Gasteiger partial charge in [0.15, 0.2) is 0 Å². The zero-order valence-corrected chi connectivity index (χ0v) is 28.8. The van der Waals surface area contributed by atoms with Gasteiger partial charge < -0.3 is 13.9 Å². The maximum Gasteiger partial charge on any atom is 0.143 e. The van der Waals surface area contributed by atoms with Gasteiger partial charge in [-0.3, -0.25) is 0 Å². The maximum absolute atomic E-state index is 6.70. The number of anilines is 3. The Bertz CT molecular complexity index is 3170. The minimum atomic E-state index is 0.869. The number of rotatable bonds is 5. The lowest BCUT2D eigenvalue weighted by molar-refractivity contribution is 0.672. The predicted molar refractivity (Wildman–Crippen MR) is 223 cm³/mol. The fourth-order valence-corrected chi connectivity index (χ4v) is 8.29. The van der Waals surface area contributed by atoms with E-state index in [2.05, 4.69) is 204 Å². The Balaban J connectivity index is 1.17. The Kier molecular flexibility index (Phi) is 6.55. The fraction of sp³-hybridized carbons (Fsp3) is 0. The summed E-state index contributed by atoms with van der Waals surface area (Å²) in [6.45, 7) is 0. The highest BCUT2D eigenvalue weighted by atomic mass is 16.3. The molecule has 0 saturated heterocycles.